The summed E-state index contributed by atoms with van der Waals surface area (Å²) in [6, 6.07) is 44.2. The number of aromatic nitrogens is 2. The van der Waals surface area contributed by atoms with Crippen LogP contribution in [0.15, 0.2) is 121 Å². The second-order valence-electron chi connectivity index (χ2n) is 10.6. The second-order valence-corrected chi connectivity index (χ2v) is 10.6. The Morgan fingerprint density at radius 3 is 2.03 bits per heavy atom. The molecule has 8 rings (SSSR count). The third-order valence-electron chi connectivity index (χ3n) is 8.28. The topological polar surface area (TPSA) is 9.86 Å². The van der Waals surface area contributed by atoms with E-state index >= 15 is 0 Å². The summed E-state index contributed by atoms with van der Waals surface area (Å²) < 4.78 is 4.88. The van der Waals surface area contributed by atoms with Crippen LogP contribution in [0, 0.1) is 6.92 Å². The summed E-state index contributed by atoms with van der Waals surface area (Å²) >= 11 is 0. The molecular weight excluding hydrogens is 472 g/mol. The van der Waals surface area contributed by atoms with Crippen LogP contribution in [0.2, 0.25) is 0 Å². The summed E-state index contributed by atoms with van der Waals surface area (Å²) in [5.41, 5.74) is 13.0. The Balaban J connectivity index is 1.34. The molecule has 2 heteroatoms. The normalized spacial score (nSPS) is 13.2. The van der Waals surface area contributed by atoms with Crippen molar-refractivity contribution in [2.24, 2.45) is 0 Å². The van der Waals surface area contributed by atoms with Crippen LogP contribution in [-0.4, -0.2) is 9.13 Å². The van der Waals surface area contributed by atoms with E-state index in [4.69, 9.17) is 0 Å². The van der Waals surface area contributed by atoms with Gasteiger partial charge in [0.25, 0.3) is 0 Å². The van der Waals surface area contributed by atoms with Gasteiger partial charge in [0, 0.05) is 38.8 Å². The molecule has 0 radical (unpaired) electrons. The Morgan fingerprint density at radius 1 is 0.513 bits per heavy atom. The van der Waals surface area contributed by atoms with Gasteiger partial charge in [0.1, 0.15) is 0 Å². The molecule has 0 spiro atoms. The molecule has 0 amide bonds. The molecule has 0 N–H and O–H groups in total. The third kappa shape index (κ3) is 3.42. The average Bonchev–Trinajstić information content (AvgIpc) is 3.50. The van der Waals surface area contributed by atoms with Crippen LogP contribution in [0.3, 0.4) is 0 Å². The number of rotatable bonds is 3. The van der Waals surface area contributed by atoms with Gasteiger partial charge in [-0.3, -0.25) is 0 Å². The molecule has 0 bridgehead atoms. The van der Waals surface area contributed by atoms with Crippen LogP contribution >= 0.6 is 0 Å². The number of hydrogen-bond donors (Lipinski definition) is 0. The molecule has 1 aliphatic carbocycles. The van der Waals surface area contributed by atoms with Gasteiger partial charge in [0.2, 0.25) is 0 Å². The zero-order valence-electron chi connectivity index (χ0n) is 21.9. The third-order valence-corrected chi connectivity index (χ3v) is 8.28. The average molecular weight is 501 g/mol. The molecule has 0 atom stereocenters. The van der Waals surface area contributed by atoms with Crippen molar-refractivity contribution in [2.45, 2.75) is 19.8 Å². The van der Waals surface area contributed by atoms with Crippen LogP contribution < -0.4 is 0 Å². The van der Waals surface area contributed by atoms with E-state index in [1.54, 1.807) is 0 Å². The number of aryl methyl sites for hydroxylation is 1. The Morgan fingerprint density at radius 2 is 1.21 bits per heavy atom. The van der Waals surface area contributed by atoms with Gasteiger partial charge < -0.3 is 9.13 Å². The number of nitrogens with zero attached hydrogens (tertiary/aromatic N) is 2. The fourth-order valence-corrected chi connectivity index (χ4v) is 6.54. The van der Waals surface area contributed by atoms with Crippen LogP contribution in [-0.2, 0) is 6.42 Å². The molecule has 1 aliphatic rings. The summed E-state index contributed by atoms with van der Waals surface area (Å²) in [4.78, 5) is 0. The zero-order chi connectivity index (χ0) is 25.9. The molecule has 0 aliphatic heterocycles. The van der Waals surface area contributed by atoms with Gasteiger partial charge in [-0.25, -0.2) is 0 Å². The number of allylic oxidation sites excluding steroid dienone is 1. The van der Waals surface area contributed by atoms with Crippen LogP contribution in [0.1, 0.15) is 28.8 Å². The maximum atomic E-state index is 2.47. The maximum Gasteiger partial charge on any atom is 0.0547 e. The lowest BCUT2D eigenvalue weighted by atomic mass is 9.91. The van der Waals surface area contributed by atoms with Gasteiger partial charge in [-0.2, -0.15) is 0 Å². The van der Waals surface area contributed by atoms with E-state index < -0.39 is 0 Å². The molecule has 0 fully saturated rings. The van der Waals surface area contributed by atoms with E-state index in [2.05, 4.69) is 143 Å². The van der Waals surface area contributed by atoms with E-state index in [1.165, 1.54) is 72.0 Å². The monoisotopic (exact) mass is 500 g/mol. The highest BCUT2D eigenvalue weighted by Gasteiger charge is 2.22. The molecule has 7 aromatic rings. The molecule has 39 heavy (non-hydrogen) atoms. The van der Waals surface area contributed by atoms with E-state index in [0.717, 1.165) is 12.8 Å². The molecule has 5 aromatic carbocycles. The first kappa shape index (κ1) is 22.2. The lowest BCUT2D eigenvalue weighted by molar-refractivity contribution is 0.897. The second kappa shape index (κ2) is 8.61. The molecular formula is C37H28N2. The summed E-state index contributed by atoms with van der Waals surface area (Å²) in [6.07, 6.45) is 4.49. The van der Waals surface area contributed by atoms with Crippen LogP contribution in [0.5, 0.6) is 0 Å². The standard InChI is InChI=1S/C37H28N2/c1-25-10-9-13-29(22-25)39-35-17-8-6-15-31(35)33-23-26(19-21-36(33)39)27-18-20-32-30-14-5-7-16-34(30)38(37(32)24-27)28-11-3-2-4-12-28/h2-18,20,22-24H,19,21H2,1H3. The van der Waals surface area contributed by atoms with E-state index in [-0.39, 0.29) is 0 Å². The fourth-order valence-electron chi connectivity index (χ4n) is 6.54. The van der Waals surface area contributed by atoms with Crippen molar-refractivity contribution in [2.75, 3.05) is 0 Å². The number of hydrogen-bond acceptors (Lipinski definition) is 0. The summed E-state index contributed by atoms with van der Waals surface area (Å²) in [7, 11) is 0. The maximum absolute atomic E-state index is 2.47. The molecule has 2 heterocycles. The van der Waals surface area contributed by atoms with Crippen LogP contribution in [0.25, 0.3) is 55.7 Å². The van der Waals surface area contributed by atoms with E-state index in [1.807, 2.05) is 0 Å². The van der Waals surface area contributed by atoms with Crippen molar-refractivity contribution in [3.05, 3.63) is 144 Å². The Kier molecular flexibility index (Phi) is 4.90. The van der Waals surface area contributed by atoms with Crippen LogP contribution in [0.4, 0.5) is 0 Å². The Hall–Kier alpha value is -4.82. The lowest BCUT2D eigenvalue weighted by Crippen LogP contribution is -2.05. The van der Waals surface area contributed by atoms with Gasteiger partial charge in [-0.05, 0) is 85.0 Å². The highest BCUT2D eigenvalue weighted by molar-refractivity contribution is 6.10. The predicted molar refractivity (Wildman–Crippen MR) is 165 cm³/mol. The number of para-hydroxylation sites is 3. The first-order valence-corrected chi connectivity index (χ1v) is 13.8. The first-order valence-electron chi connectivity index (χ1n) is 13.8. The minimum Gasteiger partial charge on any atom is -0.313 e. The number of benzene rings is 5. The minimum atomic E-state index is 1.02. The highest BCUT2D eigenvalue weighted by atomic mass is 15.0. The summed E-state index contributed by atoms with van der Waals surface area (Å²) in [5, 5.41) is 3.92. The first-order chi connectivity index (χ1) is 19.3. The van der Waals surface area contributed by atoms with Crippen molar-refractivity contribution in [3.8, 4) is 11.4 Å². The van der Waals surface area contributed by atoms with Gasteiger partial charge in [-0.15, -0.1) is 0 Å². The minimum absolute atomic E-state index is 1.02. The molecule has 186 valence electrons. The predicted octanol–water partition coefficient (Wildman–Crippen LogP) is 9.52. The largest absolute Gasteiger partial charge is 0.313 e. The molecule has 0 saturated heterocycles. The van der Waals surface area contributed by atoms with Gasteiger partial charge in [-0.1, -0.05) is 78.9 Å². The van der Waals surface area contributed by atoms with Crippen molar-refractivity contribution < 1.29 is 0 Å². The molecule has 2 aromatic heterocycles. The molecule has 0 unspecified atom stereocenters. The summed E-state index contributed by atoms with van der Waals surface area (Å²) in [6.45, 7) is 2.17. The van der Waals surface area contributed by atoms with E-state index in [0.29, 0.717) is 0 Å². The Labute approximate surface area is 228 Å². The van der Waals surface area contributed by atoms with Crippen molar-refractivity contribution in [1.82, 2.24) is 9.13 Å². The van der Waals surface area contributed by atoms with E-state index in [9.17, 15) is 0 Å². The smallest absolute Gasteiger partial charge is 0.0547 e. The van der Waals surface area contributed by atoms with Gasteiger partial charge in [0.15, 0.2) is 0 Å². The Bertz CT molecular complexity index is 2070. The van der Waals surface area contributed by atoms with Gasteiger partial charge >= 0.3 is 0 Å². The quantitative estimate of drug-likeness (QED) is 0.229. The molecule has 2 nitrogen and oxygen atoms in total. The van der Waals surface area contributed by atoms with Gasteiger partial charge in [0.05, 0.1) is 16.6 Å². The zero-order valence-corrected chi connectivity index (χ0v) is 21.9. The summed E-state index contributed by atoms with van der Waals surface area (Å²) in [5.74, 6) is 0. The number of fused-ring (bicyclic) bond motifs is 6. The van der Waals surface area contributed by atoms with Crippen molar-refractivity contribution in [1.29, 1.82) is 0 Å². The fraction of sp³-hybridized carbons (Fsp3) is 0.0811. The molecule has 0 saturated carbocycles. The SMILES string of the molecule is Cc1cccc(-n2c3c(c4ccccc42)C=C(c2ccc4c5ccccc5n(-c5ccccc5)c4c2)CC3)c1. The van der Waals surface area contributed by atoms with Crippen molar-refractivity contribution in [3.63, 3.8) is 0 Å². The van der Waals surface area contributed by atoms with Crippen molar-refractivity contribution >= 4 is 44.4 Å². The lowest BCUT2D eigenvalue weighted by Gasteiger charge is -2.18. The highest BCUT2D eigenvalue weighted by Crippen LogP contribution is 2.40.